The third kappa shape index (κ3) is 0.943. The fourth-order valence-corrected chi connectivity index (χ4v) is 3.50. The maximum absolute atomic E-state index is 11.3. The highest BCUT2D eigenvalue weighted by molar-refractivity contribution is 5.75. The minimum absolute atomic E-state index is 0.0711. The average Bonchev–Trinajstić information content (AvgIpc) is 2.36. The van der Waals surface area contributed by atoms with Crippen LogP contribution in [0, 0.1) is 11.3 Å². The molecule has 14 heavy (non-hydrogen) atoms. The Bertz CT molecular complexity index is 305. The SMILES string of the molecule is C=C1C[C@H]2CC[C@]1(NC(C)=O)C2(C)C. The van der Waals surface area contributed by atoms with Gasteiger partial charge in [0.25, 0.3) is 0 Å². The van der Waals surface area contributed by atoms with Crippen LogP contribution in [0.1, 0.15) is 40.0 Å². The summed E-state index contributed by atoms with van der Waals surface area (Å²) in [5.41, 5.74) is 1.31. The van der Waals surface area contributed by atoms with E-state index in [4.69, 9.17) is 0 Å². The second kappa shape index (κ2) is 2.62. The molecule has 2 heteroatoms. The Morgan fingerprint density at radius 3 is 2.57 bits per heavy atom. The minimum Gasteiger partial charge on any atom is -0.347 e. The molecule has 2 fully saturated rings. The number of hydrogen-bond donors (Lipinski definition) is 1. The van der Waals surface area contributed by atoms with Crippen LogP contribution in [0.2, 0.25) is 0 Å². The van der Waals surface area contributed by atoms with Crippen LogP contribution in [0.15, 0.2) is 12.2 Å². The van der Waals surface area contributed by atoms with Crippen LogP contribution < -0.4 is 5.32 Å². The van der Waals surface area contributed by atoms with Gasteiger partial charge in [0.1, 0.15) is 0 Å². The Morgan fingerprint density at radius 2 is 2.21 bits per heavy atom. The molecule has 0 aromatic rings. The molecular weight excluding hydrogens is 174 g/mol. The van der Waals surface area contributed by atoms with Crippen LogP contribution in [0.4, 0.5) is 0 Å². The maximum atomic E-state index is 11.3. The van der Waals surface area contributed by atoms with E-state index >= 15 is 0 Å². The van der Waals surface area contributed by atoms with Crippen LogP contribution in [0.5, 0.6) is 0 Å². The molecule has 0 heterocycles. The van der Waals surface area contributed by atoms with Gasteiger partial charge in [-0.3, -0.25) is 4.79 Å². The van der Waals surface area contributed by atoms with E-state index in [1.807, 2.05) is 0 Å². The summed E-state index contributed by atoms with van der Waals surface area (Å²) in [6.07, 6.45) is 3.39. The molecule has 0 aliphatic heterocycles. The van der Waals surface area contributed by atoms with Crippen molar-refractivity contribution in [3.05, 3.63) is 12.2 Å². The topological polar surface area (TPSA) is 29.1 Å². The third-order valence-electron chi connectivity index (χ3n) is 4.47. The summed E-state index contributed by atoms with van der Waals surface area (Å²) >= 11 is 0. The Balaban J connectivity index is 2.39. The third-order valence-corrected chi connectivity index (χ3v) is 4.47. The van der Waals surface area contributed by atoms with E-state index in [0.717, 1.165) is 12.8 Å². The van der Waals surface area contributed by atoms with Crippen LogP contribution in [0.25, 0.3) is 0 Å². The molecule has 2 nitrogen and oxygen atoms in total. The van der Waals surface area contributed by atoms with Gasteiger partial charge in [0.05, 0.1) is 5.54 Å². The lowest BCUT2D eigenvalue weighted by Gasteiger charge is -2.39. The highest BCUT2D eigenvalue weighted by Crippen LogP contribution is 2.62. The minimum atomic E-state index is -0.108. The van der Waals surface area contributed by atoms with Crippen LogP contribution in [0.3, 0.4) is 0 Å². The molecule has 0 aromatic carbocycles. The number of fused-ring (bicyclic) bond motifs is 2. The zero-order chi connectivity index (χ0) is 10.6. The van der Waals surface area contributed by atoms with Gasteiger partial charge in [-0.25, -0.2) is 0 Å². The molecule has 2 saturated carbocycles. The lowest BCUT2D eigenvalue weighted by molar-refractivity contribution is -0.121. The highest BCUT2D eigenvalue weighted by atomic mass is 16.1. The first-order chi connectivity index (χ1) is 6.40. The van der Waals surface area contributed by atoms with Crippen molar-refractivity contribution in [3.63, 3.8) is 0 Å². The predicted molar refractivity (Wildman–Crippen MR) is 56.8 cm³/mol. The molecule has 0 saturated heterocycles. The zero-order valence-corrected chi connectivity index (χ0v) is 9.31. The van der Waals surface area contributed by atoms with E-state index in [-0.39, 0.29) is 16.9 Å². The van der Waals surface area contributed by atoms with Crippen LogP contribution in [-0.4, -0.2) is 11.4 Å². The Morgan fingerprint density at radius 1 is 1.57 bits per heavy atom. The van der Waals surface area contributed by atoms with Crippen molar-refractivity contribution in [2.24, 2.45) is 11.3 Å². The Labute approximate surface area is 85.8 Å². The molecule has 0 spiro atoms. The predicted octanol–water partition coefficient (Wildman–Crippen LogP) is 2.26. The van der Waals surface area contributed by atoms with Gasteiger partial charge in [0.2, 0.25) is 5.91 Å². The number of nitrogens with one attached hydrogen (secondary N) is 1. The second-order valence-corrected chi connectivity index (χ2v) is 5.35. The number of hydrogen-bond acceptors (Lipinski definition) is 1. The van der Waals surface area contributed by atoms with E-state index < -0.39 is 0 Å². The monoisotopic (exact) mass is 193 g/mol. The van der Waals surface area contributed by atoms with Crippen molar-refractivity contribution < 1.29 is 4.79 Å². The molecule has 1 amide bonds. The average molecular weight is 193 g/mol. The molecular formula is C12H19NO. The van der Waals surface area contributed by atoms with Gasteiger partial charge >= 0.3 is 0 Å². The van der Waals surface area contributed by atoms with Crippen molar-refractivity contribution in [1.82, 2.24) is 5.32 Å². The second-order valence-electron chi connectivity index (χ2n) is 5.35. The van der Waals surface area contributed by atoms with E-state index in [0.29, 0.717) is 5.92 Å². The summed E-state index contributed by atoms with van der Waals surface area (Å²) in [5, 5.41) is 3.15. The van der Waals surface area contributed by atoms with Crippen LogP contribution >= 0.6 is 0 Å². The van der Waals surface area contributed by atoms with Crippen LogP contribution in [-0.2, 0) is 4.79 Å². The largest absolute Gasteiger partial charge is 0.347 e. The summed E-state index contributed by atoms with van der Waals surface area (Å²) in [6, 6.07) is 0. The summed E-state index contributed by atoms with van der Waals surface area (Å²) in [4.78, 5) is 11.3. The van der Waals surface area contributed by atoms with Crippen molar-refractivity contribution in [1.29, 1.82) is 0 Å². The Kier molecular flexibility index (Phi) is 1.82. The summed E-state index contributed by atoms with van der Waals surface area (Å²) < 4.78 is 0. The molecule has 2 atom stereocenters. The fourth-order valence-electron chi connectivity index (χ4n) is 3.50. The molecule has 0 radical (unpaired) electrons. The molecule has 2 aliphatic carbocycles. The standard InChI is InChI=1S/C12H19NO/c1-8-7-10-5-6-12(8,11(10,3)4)13-9(2)14/h10H,1,5-7H2,2-4H3,(H,13,14)/t10-,12-/m1/s1. The lowest BCUT2D eigenvalue weighted by atomic mass is 9.75. The number of carbonyl (C=O) groups excluding carboxylic acids is 1. The normalized spacial score (nSPS) is 38.8. The first kappa shape index (κ1) is 9.75. The van der Waals surface area contributed by atoms with Gasteiger partial charge in [-0.15, -0.1) is 0 Å². The number of rotatable bonds is 1. The molecule has 78 valence electrons. The fraction of sp³-hybridized carbons (Fsp3) is 0.750. The highest BCUT2D eigenvalue weighted by Gasteiger charge is 2.61. The lowest BCUT2D eigenvalue weighted by Crippen LogP contribution is -2.53. The molecule has 1 N–H and O–H groups in total. The molecule has 2 rings (SSSR count). The van der Waals surface area contributed by atoms with Crippen molar-refractivity contribution in [2.75, 3.05) is 0 Å². The maximum Gasteiger partial charge on any atom is 0.217 e. The first-order valence-electron chi connectivity index (χ1n) is 5.37. The van der Waals surface area contributed by atoms with Gasteiger partial charge < -0.3 is 5.32 Å². The first-order valence-corrected chi connectivity index (χ1v) is 5.37. The van der Waals surface area contributed by atoms with E-state index in [2.05, 4.69) is 25.7 Å². The number of amides is 1. The molecule has 0 unspecified atom stereocenters. The van der Waals surface area contributed by atoms with Crippen molar-refractivity contribution in [3.8, 4) is 0 Å². The van der Waals surface area contributed by atoms with Gasteiger partial charge in [-0.1, -0.05) is 26.0 Å². The zero-order valence-electron chi connectivity index (χ0n) is 9.31. The summed E-state index contributed by atoms with van der Waals surface area (Å²) in [5.74, 6) is 0.781. The Hall–Kier alpha value is -0.790. The summed E-state index contributed by atoms with van der Waals surface area (Å²) in [7, 11) is 0. The van der Waals surface area contributed by atoms with E-state index in [9.17, 15) is 4.79 Å². The number of carbonyl (C=O) groups is 1. The molecule has 2 bridgehead atoms. The summed E-state index contributed by atoms with van der Waals surface area (Å²) in [6.45, 7) is 10.3. The van der Waals surface area contributed by atoms with Gasteiger partial charge in [-0.2, -0.15) is 0 Å². The van der Waals surface area contributed by atoms with Gasteiger partial charge in [0, 0.05) is 6.92 Å². The van der Waals surface area contributed by atoms with E-state index in [1.54, 1.807) is 6.92 Å². The van der Waals surface area contributed by atoms with E-state index in [1.165, 1.54) is 12.0 Å². The van der Waals surface area contributed by atoms with Gasteiger partial charge in [-0.05, 0) is 30.6 Å². The molecule has 0 aromatic heterocycles. The van der Waals surface area contributed by atoms with Crippen molar-refractivity contribution >= 4 is 5.91 Å². The quantitative estimate of drug-likeness (QED) is 0.636. The van der Waals surface area contributed by atoms with Crippen molar-refractivity contribution in [2.45, 2.75) is 45.6 Å². The van der Waals surface area contributed by atoms with Gasteiger partial charge in [0.15, 0.2) is 0 Å². The smallest absolute Gasteiger partial charge is 0.217 e. The molecule has 2 aliphatic rings.